The van der Waals surface area contributed by atoms with Crippen molar-refractivity contribution in [3.8, 4) is 0 Å². The Morgan fingerprint density at radius 2 is 1.40 bits per heavy atom. The zero-order valence-corrected chi connectivity index (χ0v) is 17.0. The van der Waals surface area contributed by atoms with Crippen LogP contribution in [-0.4, -0.2) is 53.7 Å². The molecule has 2 aromatic rings. The number of benzene rings is 2. The maximum atomic E-state index is 13.0. The minimum Gasteiger partial charge on any atom is -0.345 e. The van der Waals surface area contributed by atoms with Crippen molar-refractivity contribution in [2.45, 2.75) is 25.3 Å². The van der Waals surface area contributed by atoms with Crippen molar-refractivity contribution in [3.63, 3.8) is 0 Å². The molecule has 1 N–H and O–H groups in total. The lowest BCUT2D eigenvalue weighted by Crippen LogP contribution is -2.51. The Labute approximate surface area is 176 Å². The van der Waals surface area contributed by atoms with Crippen LogP contribution in [0.3, 0.4) is 0 Å². The summed E-state index contributed by atoms with van der Waals surface area (Å²) in [4.78, 5) is 41.6. The minimum absolute atomic E-state index is 0.00395. The first-order chi connectivity index (χ1) is 14.6. The van der Waals surface area contributed by atoms with Gasteiger partial charge in [-0.25, -0.2) is 0 Å². The lowest BCUT2D eigenvalue weighted by Gasteiger charge is -2.35. The number of amides is 3. The molecule has 3 amide bonds. The first kappa shape index (κ1) is 20.1. The fraction of sp³-hybridized carbons (Fsp3) is 0.375. The van der Waals surface area contributed by atoms with Gasteiger partial charge in [-0.2, -0.15) is 0 Å². The van der Waals surface area contributed by atoms with Crippen LogP contribution >= 0.6 is 0 Å². The minimum atomic E-state index is -0.405. The molecule has 0 aromatic heterocycles. The van der Waals surface area contributed by atoms with E-state index in [9.17, 15) is 14.4 Å². The highest BCUT2D eigenvalue weighted by atomic mass is 16.2. The van der Waals surface area contributed by atoms with Gasteiger partial charge in [-0.3, -0.25) is 14.4 Å². The number of rotatable bonds is 6. The molecule has 1 aliphatic carbocycles. The molecule has 156 valence electrons. The molecule has 2 aromatic carbocycles. The van der Waals surface area contributed by atoms with Crippen LogP contribution in [0.5, 0.6) is 0 Å². The van der Waals surface area contributed by atoms with Crippen LogP contribution < -0.4 is 5.32 Å². The molecule has 1 saturated carbocycles. The second-order valence-corrected chi connectivity index (χ2v) is 7.99. The predicted octanol–water partition coefficient (Wildman–Crippen LogP) is 2.63. The van der Waals surface area contributed by atoms with E-state index in [0.717, 1.165) is 18.4 Å². The topological polar surface area (TPSA) is 69.7 Å². The normalized spacial score (nSPS) is 17.3. The van der Waals surface area contributed by atoms with Crippen LogP contribution in [0.1, 0.15) is 41.2 Å². The van der Waals surface area contributed by atoms with E-state index >= 15 is 0 Å². The number of carbonyl (C=O) groups is 3. The number of nitrogens with zero attached hydrogens (tertiary/aromatic N) is 2. The average molecular weight is 405 g/mol. The third kappa shape index (κ3) is 4.87. The standard InChI is InChI=1S/C24H27N3O3/c28-22(26-13-15-27(16-14-26)24(30)20-11-12-20)17-21(18-7-3-1-4-8-18)25-23(29)19-9-5-2-6-10-19/h1-10,20-21H,11-17H2,(H,25,29). The van der Waals surface area contributed by atoms with E-state index < -0.39 is 6.04 Å². The van der Waals surface area contributed by atoms with Crippen molar-refractivity contribution in [1.82, 2.24) is 15.1 Å². The van der Waals surface area contributed by atoms with Crippen LogP contribution in [0.25, 0.3) is 0 Å². The zero-order chi connectivity index (χ0) is 20.9. The Morgan fingerprint density at radius 3 is 2.00 bits per heavy atom. The lowest BCUT2D eigenvalue weighted by molar-refractivity contribution is -0.140. The summed E-state index contributed by atoms with van der Waals surface area (Å²) in [5.74, 6) is 0.245. The van der Waals surface area contributed by atoms with Gasteiger partial charge in [-0.15, -0.1) is 0 Å². The monoisotopic (exact) mass is 405 g/mol. The van der Waals surface area contributed by atoms with Crippen LogP contribution in [0.15, 0.2) is 60.7 Å². The van der Waals surface area contributed by atoms with Gasteiger partial charge in [0.2, 0.25) is 11.8 Å². The largest absolute Gasteiger partial charge is 0.345 e. The molecule has 6 heteroatoms. The third-order valence-corrected chi connectivity index (χ3v) is 5.79. The molecule has 0 radical (unpaired) electrons. The molecule has 2 fully saturated rings. The molecule has 1 saturated heterocycles. The molecule has 4 rings (SSSR count). The van der Waals surface area contributed by atoms with Gasteiger partial charge >= 0.3 is 0 Å². The Morgan fingerprint density at radius 1 is 0.833 bits per heavy atom. The Balaban J connectivity index is 1.39. The van der Waals surface area contributed by atoms with Crippen molar-refractivity contribution in [1.29, 1.82) is 0 Å². The van der Waals surface area contributed by atoms with Gasteiger partial charge in [0.15, 0.2) is 0 Å². The molecule has 0 spiro atoms. The maximum absolute atomic E-state index is 13.0. The van der Waals surface area contributed by atoms with Crippen LogP contribution in [-0.2, 0) is 9.59 Å². The summed E-state index contributed by atoms with van der Waals surface area (Å²) < 4.78 is 0. The number of hydrogen-bond donors (Lipinski definition) is 1. The van der Waals surface area contributed by atoms with Gasteiger partial charge in [0, 0.05) is 37.7 Å². The quantitative estimate of drug-likeness (QED) is 0.803. The number of piperazine rings is 1. The van der Waals surface area contributed by atoms with E-state index in [1.807, 2.05) is 53.4 Å². The van der Waals surface area contributed by atoms with Gasteiger partial charge in [-0.05, 0) is 30.5 Å². The fourth-order valence-corrected chi connectivity index (χ4v) is 3.84. The molecule has 6 nitrogen and oxygen atoms in total. The summed E-state index contributed by atoms with van der Waals surface area (Å²) >= 11 is 0. The molecule has 0 bridgehead atoms. The zero-order valence-electron chi connectivity index (χ0n) is 17.0. The summed E-state index contributed by atoms with van der Waals surface area (Å²) in [5, 5.41) is 3.02. The highest BCUT2D eigenvalue weighted by Gasteiger charge is 2.35. The summed E-state index contributed by atoms with van der Waals surface area (Å²) in [6.45, 7) is 2.28. The van der Waals surface area contributed by atoms with E-state index in [1.54, 1.807) is 17.0 Å². The maximum Gasteiger partial charge on any atom is 0.251 e. The molecule has 30 heavy (non-hydrogen) atoms. The predicted molar refractivity (Wildman–Crippen MR) is 114 cm³/mol. The molecule has 1 unspecified atom stereocenters. The van der Waals surface area contributed by atoms with Crippen LogP contribution in [0.4, 0.5) is 0 Å². The number of carbonyl (C=O) groups excluding carboxylic acids is 3. The van der Waals surface area contributed by atoms with E-state index in [2.05, 4.69) is 5.32 Å². The van der Waals surface area contributed by atoms with Crippen LogP contribution in [0.2, 0.25) is 0 Å². The van der Waals surface area contributed by atoms with Gasteiger partial charge in [0.1, 0.15) is 0 Å². The van der Waals surface area contributed by atoms with Crippen molar-refractivity contribution in [2.75, 3.05) is 26.2 Å². The summed E-state index contributed by atoms with van der Waals surface area (Å²) in [6.07, 6.45) is 2.19. The highest BCUT2D eigenvalue weighted by molar-refractivity contribution is 5.94. The highest BCUT2D eigenvalue weighted by Crippen LogP contribution is 2.31. The molecular formula is C24H27N3O3. The molecular weight excluding hydrogens is 378 g/mol. The molecule has 1 heterocycles. The van der Waals surface area contributed by atoms with E-state index in [4.69, 9.17) is 0 Å². The second-order valence-electron chi connectivity index (χ2n) is 7.99. The van der Waals surface area contributed by atoms with Gasteiger partial charge in [0.05, 0.1) is 12.5 Å². The summed E-state index contributed by atoms with van der Waals surface area (Å²) in [6, 6.07) is 18.2. The average Bonchev–Trinajstić information content (AvgIpc) is 3.65. The smallest absolute Gasteiger partial charge is 0.251 e. The first-order valence-corrected chi connectivity index (χ1v) is 10.6. The second kappa shape index (κ2) is 9.11. The fourth-order valence-electron chi connectivity index (χ4n) is 3.84. The molecule has 1 aliphatic heterocycles. The Bertz CT molecular complexity index is 888. The Hall–Kier alpha value is -3.15. The summed E-state index contributed by atoms with van der Waals surface area (Å²) in [5.41, 5.74) is 1.47. The number of nitrogens with one attached hydrogen (secondary N) is 1. The van der Waals surface area contributed by atoms with Crippen LogP contribution in [0, 0.1) is 5.92 Å². The van der Waals surface area contributed by atoms with E-state index in [1.165, 1.54) is 0 Å². The van der Waals surface area contributed by atoms with Crippen molar-refractivity contribution < 1.29 is 14.4 Å². The third-order valence-electron chi connectivity index (χ3n) is 5.79. The Kier molecular flexibility index (Phi) is 6.12. The molecule has 2 aliphatic rings. The van der Waals surface area contributed by atoms with Gasteiger partial charge < -0.3 is 15.1 Å². The van der Waals surface area contributed by atoms with Gasteiger partial charge in [-0.1, -0.05) is 48.5 Å². The van der Waals surface area contributed by atoms with Crippen molar-refractivity contribution >= 4 is 17.7 Å². The van der Waals surface area contributed by atoms with Crippen molar-refractivity contribution in [2.24, 2.45) is 5.92 Å². The van der Waals surface area contributed by atoms with Crippen molar-refractivity contribution in [3.05, 3.63) is 71.8 Å². The number of hydrogen-bond acceptors (Lipinski definition) is 3. The van der Waals surface area contributed by atoms with E-state index in [0.29, 0.717) is 31.7 Å². The first-order valence-electron chi connectivity index (χ1n) is 10.6. The lowest BCUT2D eigenvalue weighted by atomic mass is 10.0. The summed E-state index contributed by atoms with van der Waals surface area (Å²) in [7, 11) is 0. The SMILES string of the molecule is O=C(NC(CC(=O)N1CCN(C(=O)C2CC2)CC1)c1ccccc1)c1ccccc1. The molecule has 1 atom stereocenters. The van der Waals surface area contributed by atoms with E-state index in [-0.39, 0.29) is 30.1 Å². The van der Waals surface area contributed by atoms with Gasteiger partial charge in [0.25, 0.3) is 5.91 Å².